The highest BCUT2D eigenvalue weighted by Crippen LogP contribution is 2.45. The number of esters is 4. The third kappa shape index (κ3) is 84.3. The number of carbonyl (C=O) groups is 4. The van der Waals surface area contributed by atoms with E-state index in [1.54, 1.807) is 0 Å². The van der Waals surface area contributed by atoms with Crippen LogP contribution >= 0.6 is 15.6 Å². The number of unbranched alkanes of at least 4 members (excludes halogenated alkanes) is 60. The van der Waals surface area contributed by atoms with E-state index in [2.05, 4.69) is 41.5 Å². The number of aliphatic hydroxyl groups is 1. The van der Waals surface area contributed by atoms with E-state index in [0.29, 0.717) is 25.7 Å². The third-order valence-electron chi connectivity index (χ3n) is 22.1. The first-order chi connectivity index (χ1) is 53.9. The molecule has 0 aromatic heterocycles. The number of phosphoric ester groups is 2. The Morgan fingerprint density at radius 3 is 0.685 bits per heavy atom. The first-order valence-corrected chi connectivity index (χ1v) is 50.5. The van der Waals surface area contributed by atoms with Crippen molar-refractivity contribution in [3.63, 3.8) is 0 Å². The summed E-state index contributed by atoms with van der Waals surface area (Å²) in [6, 6.07) is 0. The predicted octanol–water partition coefficient (Wildman–Crippen LogP) is 28.6. The molecule has 0 spiro atoms. The van der Waals surface area contributed by atoms with E-state index in [0.717, 1.165) is 102 Å². The highest BCUT2D eigenvalue weighted by molar-refractivity contribution is 7.47. The molecule has 0 radical (unpaired) electrons. The van der Waals surface area contributed by atoms with Gasteiger partial charge in [0.25, 0.3) is 0 Å². The molecule has 0 amide bonds. The fourth-order valence-electron chi connectivity index (χ4n) is 14.4. The maximum absolute atomic E-state index is 13.2. The lowest BCUT2D eigenvalue weighted by Gasteiger charge is -2.21. The zero-order valence-corrected chi connectivity index (χ0v) is 75.1. The zero-order valence-electron chi connectivity index (χ0n) is 73.3. The molecule has 0 bridgehead atoms. The summed E-state index contributed by atoms with van der Waals surface area (Å²) in [7, 11) is -9.94. The second-order valence-corrected chi connectivity index (χ2v) is 36.7. The fourth-order valence-corrected chi connectivity index (χ4v) is 16.0. The maximum atomic E-state index is 13.2. The Hall–Kier alpha value is -1.94. The van der Waals surface area contributed by atoms with Crippen LogP contribution in [0, 0.1) is 11.8 Å². The van der Waals surface area contributed by atoms with Gasteiger partial charge in [0.2, 0.25) is 0 Å². The molecule has 3 N–H and O–H groups in total. The molecule has 0 saturated heterocycles. The van der Waals surface area contributed by atoms with E-state index in [1.807, 2.05) is 0 Å². The van der Waals surface area contributed by atoms with E-state index in [-0.39, 0.29) is 25.7 Å². The van der Waals surface area contributed by atoms with E-state index in [4.69, 9.17) is 37.0 Å². The second kappa shape index (κ2) is 83.1. The molecule has 0 aliphatic rings. The van der Waals surface area contributed by atoms with Gasteiger partial charge < -0.3 is 33.8 Å². The van der Waals surface area contributed by atoms with Crippen molar-refractivity contribution in [2.75, 3.05) is 39.6 Å². The van der Waals surface area contributed by atoms with Gasteiger partial charge in [-0.05, 0) is 37.5 Å². The summed E-state index contributed by atoms with van der Waals surface area (Å²) in [5, 5.41) is 10.7. The summed E-state index contributed by atoms with van der Waals surface area (Å²) >= 11 is 0. The number of phosphoric acid groups is 2. The molecule has 0 aliphatic heterocycles. The SMILES string of the molecule is CCCCCCCCCCCCCCCCCCCCCCCC(=O)OC[C@H](COP(=O)(O)OC[C@@H](O)COP(=O)(O)OC[C@@H](COC(=O)CCCCCCCCCCC(C)C)OC(=O)CCCCCCCCCCCCCCCCC(C)CC)OC(=O)CCCCCCCCCCCCCCCCCCCCCCC. The number of hydrogen-bond donors (Lipinski definition) is 3. The minimum Gasteiger partial charge on any atom is -0.462 e. The van der Waals surface area contributed by atoms with Crippen LogP contribution in [0.1, 0.15) is 497 Å². The number of rotatable bonds is 91. The Bertz CT molecular complexity index is 2120. The molecule has 0 heterocycles. The number of hydrogen-bond acceptors (Lipinski definition) is 15. The molecule has 17 nitrogen and oxygen atoms in total. The Morgan fingerprint density at radius 2 is 0.459 bits per heavy atom. The lowest BCUT2D eigenvalue weighted by Crippen LogP contribution is -2.30. The van der Waals surface area contributed by atoms with Gasteiger partial charge in [-0.15, -0.1) is 0 Å². The van der Waals surface area contributed by atoms with Gasteiger partial charge in [0.05, 0.1) is 26.4 Å². The molecule has 0 aromatic rings. The average Bonchev–Trinajstić information content (AvgIpc) is 0.894. The molecule has 0 fully saturated rings. The van der Waals surface area contributed by atoms with Crippen molar-refractivity contribution < 1.29 is 80.2 Å². The van der Waals surface area contributed by atoms with Crippen molar-refractivity contribution in [3.05, 3.63) is 0 Å². The van der Waals surface area contributed by atoms with Crippen LogP contribution in [-0.2, 0) is 65.4 Å². The predicted molar refractivity (Wildman–Crippen MR) is 460 cm³/mol. The van der Waals surface area contributed by atoms with Crippen LogP contribution in [0.3, 0.4) is 0 Å². The van der Waals surface area contributed by atoms with Crippen LogP contribution in [0.2, 0.25) is 0 Å². The van der Waals surface area contributed by atoms with Crippen LogP contribution in [0.15, 0.2) is 0 Å². The quantitative estimate of drug-likeness (QED) is 0.0222. The molecule has 0 aromatic carbocycles. The minimum atomic E-state index is -4.97. The van der Waals surface area contributed by atoms with Gasteiger partial charge in [-0.25, -0.2) is 9.13 Å². The van der Waals surface area contributed by atoms with Gasteiger partial charge in [0, 0.05) is 25.7 Å². The van der Waals surface area contributed by atoms with Gasteiger partial charge in [-0.3, -0.25) is 37.3 Å². The van der Waals surface area contributed by atoms with Gasteiger partial charge >= 0.3 is 39.5 Å². The van der Waals surface area contributed by atoms with Gasteiger partial charge in [0.1, 0.15) is 19.3 Å². The van der Waals surface area contributed by atoms with Crippen LogP contribution in [0.25, 0.3) is 0 Å². The fraction of sp³-hybridized carbons (Fsp3) is 0.957. The smallest absolute Gasteiger partial charge is 0.462 e. The standard InChI is InChI=1S/C92H180O17P2/c1-7-10-12-14-16-18-20-22-24-26-28-30-32-34-36-41-45-49-56-62-68-74-89(94)102-80-87(108-91(96)76-70-64-58-50-46-42-37-35-33-31-29-27-25-23-21-19-17-15-13-11-8-2)82-106-110(98,99)104-78-86(93)79-105-111(100,101)107-83-88(81-103-90(95)75-69-63-57-53-52-54-60-66-72-84(4)5)109-92(97)77-71-65-59-51-47-43-39-38-40-44-48-55-61-67-73-85(6)9-3/h84-88,93H,7-83H2,1-6H3,(H,98,99)(H,100,101)/t85?,86-,87-,88-/m1/s1. The van der Waals surface area contributed by atoms with E-state index in [9.17, 15) is 43.2 Å². The van der Waals surface area contributed by atoms with E-state index >= 15 is 0 Å². The van der Waals surface area contributed by atoms with Crippen molar-refractivity contribution >= 4 is 39.5 Å². The molecule has 111 heavy (non-hydrogen) atoms. The molecule has 660 valence electrons. The molecule has 0 rings (SSSR count). The summed E-state index contributed by atoms with van der Waals surface area (Å²) in [4.78, 5) is 73.4. The molecular weight excluding hydrogens is 1440 g/mol. The molecule has 3 unspecified atom stereocenters. The zero-order chi connectivity index (χ0) is 81.3. The monoisotopic (exact) mass is 1620 g/mol. The molecular formula is C92H180O17P2. The van der Waals surface area contributed by atoms with Crippen LogP contribution in [0.5, 0.6) is 0 Å². The van der Waals surface area contributed by atoms with Gasteiger partial charge in [-0.2, -0.15) is 0 Å². The number of aliphatic hydroxyl groups excluding tert-OH is 1. The van der Waals surface area contributed by atoms with E-state index in [1.165, 1.54) is 315 Å². The summed E-state index contributed by atoms with van der Waals surface area (Å²) in [5.74, 6) is -0.525. The lowest BCUT2D eigenvalue weighted by atomic mass is 9.99. The van der Waals surface area contributed by atoms with Crippen LogP contribution in [0.4, 0.5) is 0 Å². The van der Waals surface area contributed by atoms with Gasteiger partial charge in [0.15, 0.2) is 12.2 Å². The summed E-state index contributed by atoms with van der Waals surface area (Å²) < 4.78 is 69.1. The largest absolute Gasteiger partial charge is 0.472 e. The summed E-state index contributed by atoms with van der Waals surface area (Å²) in [6.07, 6.45) is 78.0. The Balaban J connectivity index is 5.23. The first-order valence-electron chi connectivity index (χ1n) is 47.5. The van der Waals surface area contributed by atoms with Crippen molar-refractivity contribution in [2.24, 2.45) is 11.8 Å². The number of ether oxygens (including phenoxy) is 4. The van der Waals surface area contributed by atoms with Crippen molar-refractivity contribution in [2.45, 2.75) is 516 Å². The second-order valence-electron chi connectivity index (χ2n) is 33.8. The third-order valence-corrected chi connectivity index (χ3v) is 24.0. The highest BCUT2D eigenvalue weighted by Gasteiger charge is 2.31. The van der Waals surface area contributed by atoms with Crippen LogP contribution < -0.4 is 0 Å². The molecule has 19 heteroatoms. The average molecular weight is 1620 g/mol. The lowest BCUT2D eigenvalue weighted by molar-refractivity contribution is -0.161. The Labute approximate surface area is 683 Å². The van der Waals surface area contributed by atoms with Gasteiger partial charge in [-0.1, -0.05) is 446 Å². The van der Waals surface area contributed by atoms with Crippen molar-refractivity contribution in [3.8, 4) is 0 Å². The molecule has 6 atom stereocenters. The molecule has 0 aliphatic carbocycles. The first kappa shape index (κ1) is 109. The Kier molecular flexibility index (Phi) is 81.7. The maximum Gasteiger partial charge on any atom is 0.472 e. The summed E-state index contributed by atoms with van der Waals surface area (Å²) in [5.41, 5.74) is 0. The normalized spacial score (nSPS) is 14.0. The Morgan fingerprint density at radius 1 is 0.261 bits per heavy atom. The topological polar surface area (TPSA) is 237 Å². The summed E-state index contributed by atoms with van der Waals surface area (Å²) in [6.45, 7) is 9.72. The van der Waals surface area contributed by atoms with Crippen LogP contribution in [-0.4, -0.2) is 96.7 Å². The van der Waals surface area contributed by atoms with Crippen molar-refractivity contribution in [1.29, 1.82) is 0 Å². The van der Waals surface area contributed by atoms with Crippen molar-refractivity contribution in [1.82, 2.24) is 0 Å². The van der Waals surface area contributed by atoms with E-state index < -0.39 is 97.5 Å². The molecule has 0 saturated carbocycles. The number of carbonyl (C=O) groups excluding carboxylic acids is 4. The highest BCUT2D eigenvalue weighted by atomic mass is 31.2. The minimum absolute atomic E-state index is 0.108.